The minimum Gasteiger partial charge on any atom is -0.493 e. The smallest absolute Gasteiger partial charge is 0.338 e. The van der Waals surface area contributed by atoms with Gasteiger partial charge in [-0.15, -0.1) is 0 Å². The predicted molar refractivity (Wildman–Crippen MR) is 116 cm³/mol. The lowest BCUT2D eigenvalue weighted by molar-refractivity contribution is -0.131. The Morgan fingerprint density at radius 2 is 1.84 bits per heavy atom. The van der Waals surface area contributed by atoms with E-state index < -0.39 is 17.4 Å². The number of fused-ring (bicyclic) bond motifs is 1. The van der Waals surface area contributed by atoms with Gasteiger partial charge >= 0.3 is 5.97 Å². The van der Waals surface area contributed by atoms with Gasteiger partial charge in [-0.05, 0) is 50.1 Å². The molecule has 0 spiro atoms. The summed E-state index contributed by atoms with van der Waals surface area (Å²) < 4.78 is 22.7. The molecule has 0 radical (unpaired) electrons. The van der Waals surface area contributed by atoms with Gasteiger partial charge in [0.25, 0.3) is 0 Å². The lowest BCUT2D eigenvalue weighted by Gasteiger charge is -2.33. The summed E-state index contributed by atoms with van der Waals surface area (Å²) in [6, 6.07) is 9.16. The van der Waals surface area contributed by atoms with Crippen LogP contribution < -0.4 is 19.9 Å². The van der Waals surface area contributed by atoms with Crippen LogP contribution in [0.5, 0.6) is 17.2 Å². The van der Waals surface area contributed by atoms with Gasteiger partial charge in [0.2, 0.25) is 11.7 Å². The highest BCUT2D eigenvalue weighted by molar-refractivity contribution is 5.94. The Kier molecular flexibility index (Phi) is 6.43. The number of cyclic esters (lactones) is 1. The van der Waals surface area contributed by atoms with Crippen LogP contribution in [0.4, 0.5) is 0 Å². The molecule has 1 atom stereocenters. The molecule has 31 heavy (non-hydrogen) atoms. The lowest BCUT2D eigenvalue weighted by Crippen LogP contribution is -2.44. The van der Waals surface area contributed by atoms with Gasteiger partial charge in [0, 0.05) is 11.1 Å². The summed E-state index contributed by atoms with van der Waals surface area (Å²) in [6.45, 7) is 5.81. The van der Waals surface area contributed by atoms with Crippen molar-refractivity contribution in [3.05, 3.63) is 41.5 Å². The van der Waals surface area contributed by atoms with Crippen LogP contribution >= 0.6 is 0 Å². The van der Waals surface area contributed by atoms with E-state index in [4.69, 9.17) is 24.7 Å². The summed E-state index contributed by atoms with van der Waals surface area (Å²) in [5.41, 5.74) is 7.74. The van der Waals surface area contributed by atoms with Gasteiger partial charge in [-0.3, -0.25) is 4.79 Å². The average molecular weight is 427 g/mol. The van der Waals surface area contributed by atoms with Crippen molar-refractivity contribution in [3.8, 4) is 28.4 Å². The van der Waals surface area contributed by atoms with Crippen molar-refractivity contribution in [1.82, 2.24) is 0 Å². The summed E-state index contributed by atoms with van der Waals surface area (Å²) in [7, 11) is 3.09. The molecule has 0 aromatic heterocycles. The molecule has 7 heteroatoms. The SMILES string of the molecule is CCCC(Oc1c(-c2ccc3c(c2)COC3=O)ccc(OC)c1OC)C(C)(C)C(N)=O. The van der Waals surface area contributed by atoms with E-state index in [1.54, 1.807) is 33.1 Å². The van der Waals surface area contributed by atoms with E-state index >= 15 is 0 Å². The van der Waals surface area contributed by atoms with Gasteiger partial charge in [-0.25, -0.2) is 4.79 Å². The summed E-state index contributed by atoms with van der Waals surface area (Å²) in [6.07, 6.45) is 0.956. The van der Waals surface area contributed by atoms with Crippen LogP contribution in [0.3, 0.4) is 0 Å². The number of rotatable bonds is 9. The van der Waals surface area contributed by atoms with Crippen molar-refractivity contribution in [1.29, 1.82) is 0 Å². The normalized spacial score (nSPS) is 13.9. The molecule has 1 amide bonds. The molecule has 2 N–H and O–H groups in total. The Labute approximate surface area is 182 Å². The molecule has 1 aliphatic rings. The van der Waals surface area contributed by atoms with E-state index in [2.05, 4.69) is 0 Å². The minimum atomic E-state index is -0.903. The highest BCUT2D eigenvalue weighted by Crippen LogP contribution is 2.47. The molecule has 7 nitrogen and oxygen atoms in total. The molecule has 0 bridgehead atoms. The summed E-state index contributed by atoms with van der Waals surface area (Å²) >= 11 is 0. The maximum Gasteiger partial charge on any atom is 0.338 e. The van der Waals surface area contributed by atoms with E-state index in [0.29, 0.717) is 29.2 Å². The van der Waals surface area contributed by atoms with Gasteiger partial charge in [0.1, 0.15) is 12.7 Å². The highest BCUT2D eigenvalue weighted by Gasteiger charge is 2.38. The van der Waals surface area contributed by atoms with E-state index in [0.717, 1.165) is 23.1 Å². The molecule has 0 fully saturated rings. The Bertz CT molecular complexity index is 998. The van der Waals surface area contributed by atoms with Crippen LogP contribution in [0.2, 0.25) is 0 Å². The van der Waals surface area contributed by atoms with Crippen molar-refractivity contribution < 1.29 is 28.5 Å². The van der Waals surface area contributed by atoms with Gasteiger partial charge in [0.15, 0.2) is 11.5 Å². The molecule has 1 aliphatic heterocycles. The first-order valence-corrected chi connectivity index (χ1v) is 10.3. The molecule has 3 rings (SSSR count). The maximum atomic E-state index is 12.2. The number of esters is 1. The molecule has 0 saturated heterocycles. The molecular weight excluding hydrogens is 398 g/mol. The number of methoxy groups -OCH3 is 2. The van der Waals surface area contributed by atoms with Crippen LogP contribution in [-0.4, -0.2) is 32.2 Å². The Morgan fingerprint density at radius 1 is 1.13 bits per heavy atom. The van der Waals surface area contributed by atoms with Crippen molar-refractivity contribution in [2.75, 3.05) is 14.2 Å². The van der Waals surface area contributed by atoms with E-state index in [9.17, 15) is 9.59 Å². The fraction of sp³-hybridized carbons (Fsp3) is 0.417. The standard InChI is InChI=1S/C24H29NO6/c1-6-7-19(24(2,3)23(25)27)31-20-16(10-11-18(28-4)21(20)29-5)14-8-9-17-15(12-14)13-30-22(17)26/h8-12,19H,6-7,13H2,1-5H3,(H2,25,27). The van der Waals surface area contributed by atoms with Gasteiger partial charge < -0.3 is 24.7 Å². The minimum absolute atomic E-state index is 0.235. The molecule has 166 valence electrons. The van der Waals surface area contributed by atoms with Gasteiger partial charge in [-0.1, -0.05) is 19.4 Å². The topological polar surface area (TPSA) is 97.1 Å². The quantitative estimate of drug-likeness (QED) is 0.605. The molecule has 2 aromatic rings. The summed E-state index contributed by atoms with van der Waals surface area (Å²) in [5, 5.41) is 0. The van der Waals surface area contributed by atoms with Crippen molar-refractivity contribution in [2.45, 2.75) is 46.3 Å². The first-order chi connectivity index (χ1) is 14.7. The zero-order valence-corrected chi connectivity index (χ0v) is 18.6. The number of hydrogen-bond donors (Lipinski definition) is 1. The van der Waals surface area contributed by atoms with Gasteiger partial charge in [0.05, 0.1) is 25.2 Å². The Morgan fingerprint density at radius 3 is 2.45 bits per heavy atom. The van der Waals surface area contributed by atoms with Crippen LogP contribution in [0.1, 0.15) is 49.5 Å². The van der Waals surface area contributed by atoms with Crippen LogP contribution in [0.25, 0.3) is 11.1 Å². The second-order valence-corrected chi connectivity index (χ2v) is 8.11. The van der Waals surface area contributed by atoms with Crippen molar-refractivity contribution in [3.63, 3.8) is 0 Å². The predicted octanol–water partition coefficient (Wildman–Crippen LogP) is 4.10. The molecule has 1 heterocycles. The number of ether oxygens (including phenoxy) is 4. The second-order valence-electron chi connectivity index (χ2n) is 8.11. The van der Waals surface area contributed by atoms with E-state index in [-0.39, 0.29) is 12.6 Å². The third-order valence-corrected chi connectivity index (χ3v) is 5.75. The Balaban J connectivity index is 2.15. The Hall–Kier alpha value is -3.22. The first-order valence-electron chi connectivity index (χ1n) is 10.3. The second kappa shape index (κ2) is 8.88. The molecular formula is C24H29NO6. The van der Waals surface area contributed by atoms with Crippen molar-refractivity contribution in [2.24, 2.45) is 11.1 Å². The average Bonchev–Trinajstić information content (AvgIpc) is 3.12. The third kappa shape index (κ3) is 4.17. The fourth-order valence-electron chi connectivity index (χ4n) is 3.67. The highest BCUT2D eigenvalue weighted by atomic mass is 16.5. The van der Waals surface area contributed by atoms with Crippen LogP contribution in [0.15, 0.2) is 30.3 Å². The summed E-state index contributed by atoms with van der Waals surface area (Å²) in [4.78, 5) is 24.0. The summed E-state index contributed by atoms with van der Waals surface area (Å²) in [5.74, 6) is 0.626. The molecule has 0 saturated carbocycles. The zero-order valence-electron chi connectivity index (χ0n) is 18.6. The molecule has 1 unspecified atom stereocenters. The van der Waals surface area contributed by atoms with E-state index in [1.807, 2.05) is 25.1 Å². The lowest BCUT2D eigenvalue weighted by atomic mass is 9.83. The number of amides is 1. The number of carbonyl (C=O) groups is 2. The third-order valence-electron chi connectivity index (χ3n) is 5.75. The number of hydrogen-bond acceptors (Lipinski definition) is 6. The molecule has 2 aromatic carbocycles. The monoisotopic (exact) mass is 427 g/mol. The van der Waals surface area contributed by atoms with Crippen LogP contribution in [0, 0.1) is 5.41 Å². The van der Waals surface area contributed by atoms with Gasteiger partial charge in [-0.2, -0.15) is 0 Å². The zero-order chi connectivity index (χ0) is 22.8. The van der Waals surface area contributed by atoms with Crippen molar-refractivity contribution >= 4 is 11.9 Å². The number of carbonyl (C=O) groups excluding carboxylic acids is 2. The van der Waals surface area contributed by atoms with E-state index in [1.165, 1.54) is 7.11 Å². The number of nitrogens with two attached hydrogens (primary N) is 1. The number of primary amides is 1. The maximum absolute atomic E-state index is 12.2. The first kappa shape index (κ1) is 22.5. The fourth-order valence-corrected chi connectivity index (χ4v) is 3.67. The number of benzene rings is 2. The van der Waals surface area contributed by atoms with Crippen LogP contribution in [-0.2, 0) is 16.1 Å². The molecule has 0 aliphatic carbocycles. The largest absolute Gasteiger partial charge is 0.493 e.